The van der Waals surface area contributed by atoms with Crippen LogP contribution in [0.4, 0.5) is 0 Å². The van der Waals surface area contributed by atoms with Gasteiger partial charge in [0.15, 0.2) is 0 Å². The van der Waals surface area contributed by atoms with Gasteiger partial charge in [-0.05, 0) is 23.8 Å². The van der Waals surface area contributed by atoms with Crippen LogP contribution in [0.3, 0.4) is 0 Å². The highest BCUT2D eigenvalue weighted by Gasteiger charge is 2.16. The lowest BCUT2D eigenvalue weighted by atomic mass is 10.1. The molecule has 0 aliphatic rings. The Bertz CT molecular complexity index is 794. The third kappa shape index (κ3) is 3.33. The maximum atomic E-state index is 12.5. The van der Waals surface area contributed by atoms with Crippen LogP contribution in [0.15, 0.2) is 54.7 Å². The van der Waals surface area contributed by atoms with Crippen LogP contribution in [0.25, 0.3) is 10.6 Å². The van der Waals surface area contributed by atoms with Gasteiger partial charge < -0.3 is 11.1 Å². The van der Waals surface area contributed by atoms with E-state index in [0.29, 0.717) is 11.4 Å². The van der Waals surface area contributed by atoms with Gasteiger partial charge in [-0.1, -0.05) is 30.3 Å². The third-order valence-electron chi connectivity index (χ3n) is 3.65. The average molecular weight is 326 g/mol. The molecule has 3 aromatic rings. The summed E-state index contributed by atoms with van der Waals surface area (Å²) in [6.45, 7) is 0.357. The molecule has 0 aliphatic heterocycles. The molecule has 5 nitrogen and oxygen atoms in total. The maximum Gasteiger partial charge on any atom is 0.261 e. The largest absolute Gasteiger partial charge is 0.343 e. The van der Waals surface area contributed by atoms with Crippen LogP contribution in [0, 0.1) is 0 Å². The van der Waals surface area contributed by atoms with Gasteiger partial charge >= 0.3 is 0 Å². The van der Waals surface area contributed by atoms with Gasteiger partial charge in [0.2, 0.25) is 0 Å². The molecule has 3 rings (SSSR count). The first-order chi connectivity index (χ1) is 11.2. The zero-order chi connectivity index (χ0) is 16.2. The number of thiophene rings is 1. The van der Waals surface area contributed by atoms with E-state index in [1.165, 1.54) is 11.3 Å². The Kier molecular flexibility index (Phi) is 4.55. The smallest absolute Gasteiger partial charge is 0.261 e. The van der Waals surface area contributed by atoms with Crippen molar-refractivity contribution in [1.82, 2.24) is 15.1 Å². The minimum Gasteiger partial charge on any atom is -0.343 e. The number of carbonyl (C=O) groups excluding carboxylic acids is 1. The highest BCUT2D eigenvalue weighted by Crippen LogP contribution is 2.27. The number of carbonyl (C=O) groups is 1. The van der Waals surface area contributed by atoms with E-state index in [-0.39, 0.29) is 11.9 Å². The molecule has 1 amide bonds. The Balaban J connectivity index is 1.76. The van der Waals surface area contributed by atoms with Gasteiger partial charge in [-0.25, -0.2) is 0 Å². The Morgan fingerprint density at radius 2 is 2.04 bits per heavy atom. The van der Waals surface area contributed by atoms with Gasteiger partial charge in [0, 0.05) is 19.8 Å². The lowest BCUT2D eigenvalue weighted by Gasteiger charge is -2.16. The minimum atomic E-state index is -0.189. The number of benzene rings is 1. The first-order valence-corrected chi connectivity index (χ1v) is 8.15. The van der Waals surface area contributed by atoms with Crippen molar-refractivity contribution in [3.63, 3.8) is 0 Å². The summed E-state index contributed by atoms with van der Waals surface area (Å²) in [4.78, 5) is 14.2. The van der Waals surface area contributed by atoms with Crippen molar-refractivity contribution in [3.8, 4) is 10.6 Å². The zero-order valence-electron chi connectivity index (χ0n) is 12.8. The Morgan fingerprint density at radius 1 is 1.26 bits per heavy atom. The first-order valence-electron chi connectivity index (χ1n) is 7.33. The molecule has 1 unspecified atom stereocenters. The number of aryl methyl sites for hydroxylation is 1. The molecule has 23 heavy (non-hydrogen) atoms. The summed E-state index contributed by atoms with van der Waals surface area (Å²) >= 11 is 1.45. The van der Waals surface area contributed by atoms with Crippen LogP contribution in [-0.2, 0) is 7.05 Å². The van der Waals surface area contributed by atoms with Crippen molar-refractivity contribution >= 4 is 17.2 Å². The molecule has 118 valence electrons. The molecular formula is C17H18N4OS. The maximum absolute atomic E-state index is 12.5. The second-order valence-corrected chi connectivity index (χ2v) is 6.26. The normalized spacial score (nSPS) is 12.1. The molecule has 0 radical (unpaired) electrons. The summed E-state index contributed by atoms with van der Waals surface area (Å²) in [5, 5.41) is 7.15. The number of nitrogens with two attached hydrogens (primary N) is 1. The number of nitrogens with zero attached hydrogens (tertiary/aromatic N) is 2. The molecule has 6 heteroatoms. The molecule has 0 saturated heterocycles. The van der Waals surface area contributed by atoms with Crippen LogP contribution < -0.4 is 11.1 Å². The highest BCUT2D eigenvalue weighted by molar-refractivity contribution is 7.17. The molecule has 0 aliphatic carbocycles. The van der Waals surface area contributed by atoms with Gasteiger partial charge in [-0.2, -0.15) is 5.10 Å². The second-order valence-electron chi connectivity index (χ2n) is 5.18. The van der Waals surface area contributed by atoms with Crippen LogP contribution in [0.1, 0.15) is 21.3 Å². The van der Waals surface area contributed by atoms with E-state index in [9.17, 15) is 4.79 Å². The fraction of sp³-hybridized carbons (Fsp3) is 0.176. The van der Waals surface area contributed by atoms with Crippen molar-refractivity contribution in [2.75, 3.05) is 6.54 Å². The fourth-order valence-electron chi connectivity index (χ4n) is 2.41. The van der Waals surface area contributed by atoms with Gasteiger partial charge in [0.1, 0.15) is 0 Å². The quantitative estimate of drug-likeness (QED) is 0.757. The SMILES string of the molecule is Cn1nccc1-c1ccc(C(=O)NC(CN)c2ccccc2)s1. The lowest BCUT2D eigenvalue weighted by molar-refractivity contribution is 0.0942. The molecule has 2 aromatic heterocycles. The van der Waals surface area contributed by atoms with Gasteiger partial charge in [-0.15, -0.1) is 11.3 Å². The second kappa shape index (κ2) is 6.76. The van der Waals surface area contributed by atoms with E-state index in [0.717, 1.165) is 16.1 Å². The first kappa shape index (κ1) is 15.5. The zero-order valence-corrected chi connectivity index (χ0v) is 13.6. The predicted molar refractivity (Wildman–Crippen MR) is 92.2 cm³/mol. The lowest BCUT2D eigenvalue weighted by Crippen LogP contribution is -2.32. The Hall–Kier alpha value is -2.44. The van der Waals surface area contributed by atoms with E-state index >= 15 is 0 Å². The number of hydrogen-bond donors (Lipinski definition) is 2. The minimum absolute atomic E-state index is 0.109. The Labute approximate surface area is 138 Å². The van der Waals surface area contributed by atoms with Crippen molar-refractivity contribution in [2.24, 2.45) is 12.8 Å². The molecule has 2 heterocycles. The number of nitrogens with one attached hydrogen (secondary N) is 1. The number of amides is 1. The van der Waals surface area contributed by atoms with Crippen LogP contribution in [0.2, 0.25) is 0 Å². The molecule has 0 saturated carbocycles. The van der Waals surface area contributed by atoms with E-state index in [1.54, 1.807) is 10.9 Å². The van der Waals surface area contributed by atoms with Gasteiger partial charge in [-0.3, -0.25) is 9.48 Å². The van der Waals surface area contributed by atoms with Gasteiger partial charge in [0.05, 0.1) is 21.5 Å². The van der Waals surface area contributed by atoms with E-state index in [2.05, 4.69) is 10.4 Å². The highest BCUT2D eigenvalue weighted by atomic mass is 32.1. The van der Waals surface area contributed by atoms with Crippen LogP contribution in [0.5, 0.6) is 0 Å². The van der Waals surface area contributed by atoms with E-state index in [1.807, 2.05) is 55.6 Å². The molecule has 3 N–H and O–H groups in total. The summed E-state index contributed by atoms with van der Waals surface area (Å²) in [7, 11) is 1.88. The number of rotatable bonds is 5. The molecule has 1 aromatic carbocycles. The Morgan fingerprint density at radius 3 is 2.70 bits per heavy atom. The third-order valence-corrected chi connectivity index (χ3v) is 4.75. The van der Waals surface area contributed by atoms with Crippen molar-refractivity contribution in [3.05, 3.63) is 65.2 Å². The molecule has 0 spiro atoms. The molecular weight excluding hydrogens is 308 g/mol. The summed E-state index contributed by atoms with van der Waals surface area (Å²) in [6, 6.07) is 15.3. The summed E-state index contributed by atoms with van der Waals surface area (Å²) in [6.07, 6.45) is 1.74. The summed E-state index contributed by atoms with van der Waals surface area (Å²) < 4.78 is 1.79. The van der Waals surface area contributed by atoms with E-state index in [4.69, 9.17) is 5.73 Å². The molecule has 0 fully saturated rings. The number of aromatic nitrogens is 2. The summed E-state index contributed by atoms with van der Waals surface area (Å²) in [5.74, 6) is -0.109. The van der Waals surface area contributed by atoms with Crippen molar-refractivity contribution in [2.45, 2.75) is 6.04 Å². The monoisotopic (exact) mass is 326 g/mol. The topological polar surface area (TPSA) is 72.9 Å². The van der Waals surface area contributed by atoms with Crippen molar-refractivity contribution in [1.29, 1.82) is 0 Å². The van der Waals surface area contributed by atoms with Gasteiger partial charge in [0.25, 0.3) is 5.91 Å². The van der Waals surface area contributed by atoms with Crippen LogP contribution in [-0.4, -0.2) is 22.2 Å². The summed E-state index contributed by atoms with van der Waals surface area (Å²) in [5.41, 5.74) is 7.81. The standard InChI is InChI=1S/C17H18N4OS/c1-21-14(9-10-19-21)15-7-8-16(23-15)17(22)20-13(11-18)12-5-3-2-4-6-12/h2-10,13H,11,18H2,1H3,(H,20,22). The molecule has 0 bridgehead atoms. The molecule has 1 atom stereocenters. The van der Waals surface area contributed by atoms with E-state index < -0.39 is 0 Å². The van der Waals surface area contributed by atoms with Crippen molar-refractivity contribution < 1.29 is 4.79 Å². The number of hydrogen-bond acceptors (Lipinski definition) is 4. The fourth-order valence-corrected chi connectivity index (χ4v) is 3.37. The predicted octanol–water partition coefficient (Wildman–Crippen LogP) is 2.58. The average Bonchev–Trinajstić information content (AvgIpc) is 3.21. The van der Waals surface area contributed by atoms with Crippen LogP contribution >= 0.6 is 11.3 Å².